The molecule has 27 heavy (non-hydrogen) atoms. The summed E-state index contributed by atoms with van der Waals surface area (Å²) in [5, 5.41) is 0.556. The number of fused-ring (bicyclic) bond motifs is 1. The van der Waals surface area contributed by atoms with Crippen LogP contribution in [0.4, 0.5) is 9.52 Å². The molecule has 0 aliphatic carbocycles. The summed E-state index contributed by atoms with van der Waals surface area (Å²) in [6.07, 6.45) is 3.70. The molecule has 0 unspecified atom stereocenters. The predicted octanol–water partition coefficient (Wildman–Crippen LogP) is 4.61. The van der Waals surface area contributed by atoms with Crippen LogP contribution in [0, 0.1) is 5.82 Å². The van der Waals surface area contributed by atoms with E-state index in [1.54, 1.807) is 23.4 Å². The SMILES string of the molecule is O=C(Cc1ccccc1)N(Cc1cccnc1)c1nc2ccc(F)cc2s1. The Morgan fingerprint density at radius 3 is 2.63 bits per heavy atom. The minimum Gasteiger partial charge on any atom is -0.283 e. The molecule has 0 aliphatic heterocycles. The highest BCUT2D eigenvalue weighted by molar-refractivity contribution is 7.22. The maximum absolute atomic E-state index is 13.5. The summed E-state index contributed by atoms with van der Waals surface area (Å²) in [6, 6.07) is 17.8. The monoisotopic (exact) mass is 377 g/mol. The number of carbonyl (C=O) groups excluding carboxylic acids is 1. The summed E-state index contributed by atoms with van der Waals surface area (Å²) in [7, 11) is 0. The number of benzene rings is 2. The molecule has 0 aliphatic rings. The van der Waals surface area contributed by atoms with Crippen molar-refractivity contribution in [2.45, 2.75) is 13.0 Å². The molecular weight excluding hydrogens is 361 g/mol. The summed E-state index contributed by atoms with van der Waals surface area (Å²) in [5.41, 5.74) is 2.52. The number of nitrogens with zero attached hydrogens (tertiary/aromatic N) is 3. The van der Waals surface area contributed by atoms with Crippen molar-refractivity contribution < 1.29 is 9.18 Å². The number of anilines is 1. The van der Waals surface area contributed by atoms with Gasteiger partial charge in [-0.3, -0.25) is 14.7 Å². The summed E-state index contributed by atoms with van der Waals surface area (Å²) < 4.78 is 14.2. The molecule has 4 nitrogen and oxygen atoms in total. The molecule has 0 saturated carbocycles. The molecule has 1 amide bonds. The van der Waals surface area contributed by atoms with E-state index in [-0.39, 0.29) is 18.1 Å². The average Bonchev–Trinajstić information content (AvgIpc) is 3.10. The van der Waals surface area contributed by atoms with E-state index in [1.807, 2.05) is 42.5 Å². The molecule has 0 radical (unpaired) electrons. The van der Waals surface area contributed by atoms with Gasteiger partial charge in [0.05, 0.1) is 23.2 Å². The van der Waals surface area contributed by atoms with Gasteiger partial charge in [-0.1, -0.05) is 47.7 Å². The summed E-state index contributed by atoms with van der Waals surface area (Å²) in [4.78, 5) is 23.4. The fourth-order valence-corrected chi connectivity index (χ4v) is 3.81. The lowest BCUT2D eigenvalue weighted by molar-refractivity contribution is -0.118. The van der Waals surface area contributed by atoms with Crippen molar-refractivity contribution in [3.8, 4) is 0 Å². The van der Waals surface area contributed by atoms with Gasteiger partial charge in [0, 0.05) is 12.4 Å². The van der Waals surface area contributed by atoms with Gasteiger partial charge < -0.3 is 0 Å². The second kappa shape index (κ2) is 7.63. The molecule has 4 aromatic rings. The minimum absolute atomic E-state index is 0.0652. The van der Waals surface area contributed by atoms with Crippen molar-refractivity contribution in [3.63, 3.8) is 0 Å². The fourth-order valence-electron chi connectivity index (χ4n) is 2.80. The highest BCUT2D eigenvalue weighted by Crippen LogP contribution is 2.30. The van der Waals surface area contributed by atoms with Crippen molar-refractivity contribution in [3.05, 3.63) is 90.0 Å². The Morgan fingerprint density at radius 2 is 1.85 bits per heavy atom. The fraction of sp³-hybridized carbons (Fsp3) is 0.0952. The molecule has 0 saturated heterocycles. The van der Waals surface area contributed by atoms with Gasteiger partial charge >= 0.3 is 0 Å². The molecule has 0 bridgehead atoms. The normalized spacial score (nSPS) is 10.9. The van der Waals surface area contributed by atoms with Crippen LogP contribution in [-0.4, -0.2) is 15.9 Å². The number of aromatic nitrogens is 2. The van der Waals surface area contributed by atoms with E-state index < -0.39 is 0 Å². The highest BCUT2D eigenvalue weighted by atomic mass is 32.1. The quantitative estimate of drug-likeness (QED) is 0.510. The summed E-state index contributed by atoms with van der Waals surface area (Å²) in [5.74, 6) is -0.378. The molecular formula is C21H16FN3OS. The lowest BCUT2D eigenvalue weighted by Gasteiger charge is -2.20. The first-order valence-electron chi connectivity index (χ1n) is 8.48. The second-order valence-corrected chi connectivity index (χ2v) is 7.12. The van der Waals surface area contributed by atoms with Crippen LogP contribution < -0.4 is 4.90 Å². The van der Waals surface area contributed by atoms with Gasteiger partial charge in [0.1, 0.15) is 5.82 Å². The highest BCUT2D eigenvalue weighted by Gasteiger charge is 2.20. The van der Waals surface area contributed by atoms with Crippen molar-refractivity contribution in [2.75, 3.05) is 4.90 Å². The van der Waals surface area contributed by atoms with Crippen LogP contribution in [0.5, 0.6) is 0 Å². The van der Waals surface area contributed by atoms with E-state index in [0.717, 1.165) is 11.1 Å². The number of pyridine rings is 1. The van der Waals surface area contributed by atoms with E-state index in [2.05, 4.69) is 9.97 Å². The Hall–Kier alpha value is -3.12. The number of halogens is 1. The van der Waals surface area contributed by atoms with E-state index in [9.17, 15) is 9.18 Å². The van der Waals surface area contributed by atoms with Crippen LogP contribution >= 0.6 is 11.3 Å². The van der Waals surface area contributed by atoms with Crippen LogP contribution in [0.2, 0.25) is 0 Å². The number of thiazole rings is 1. The summed E-state index contributed by atoms with van der Waals surface area (Å²) >= 11 is 1.31. The van der Waals surface area contributed by atoms with Crippen molar-refractivity contribution >= 4 is 32.6 Å². The first-order valence-corrected chi connectivity index (χ1v) is 9.30. The van der Waals surface area contributed by atoms with Gasteiger partial charge in [-0.05, 0) is 35.4 Å². The standard InChI is InChI=1S/C21H16FN3OS/c22-17-8-9-18-19(12-17)27-21(24-18)25(14-16-7-4-10-23-13-16)20(26)11-15-5-2-1-3-6-15/h1-10,12-13H,11,14H2. The topological polar surface area (TPSA) is 46.1 Å². The molecule has 6 heteroatoms. The first-order chi connectivity index (χ1) is 13.2. The third-order valence-electron chi connectivity index (χ3n) is 4.13. The van der Waals surface area contributed by atoms with Crippen molar-refractivity contribution in [1.29, 1.82) is 0 Å². The maximum Gasteiger partial charge on any atom is 0.233 e. The lowest BCUT2D eigenvalue weighted by atomic mass is 10.1. The van der Waals surface area contributed by atoms with E-state index in [0.29, 0.717) is 21.9 Å². The Kier molecular flexibility index (Phi) is 4.89. The zero-order chi connectivity index (χ0) is 18.6. The third kappa shape index (κ3) is 4.01. The van der Waals surface area contributed by atoms with Gasteiger partial charge in [-0.25, -0.2) is 9.37 Å². The Morgan fingerprint density at radius 1 is 1.04 bits per heavy atom. The zero-order valence-corrected chi connectivity index (χ0v) is 15.2. The minimum atomic E-state index is -0.313. The van der Waals surface area contributed by atoms with Crippen LogP contribution in [-0.2, 0) is 17.8 Å². The lowest BCUT2D eigenvalue weighted by Crippen LogP contribution is -2.31. The average molecular weight is 377 g/mol. The van der Waals surface area contributed by atoms with Crippen LogP contribution in [0.25, 0.3) is 10.2 Å². The van der Waals surface area contributed by atoms with E-state index in [1.165, 1.54) is 23.5 Å². The smallest absolute Gasteiger partial charge is 0.233 e. The predicted molar refractivity (Wildman–Crippen MR) is 105 cm³/mol. The van der Waals surface area contributed by atoms with Gasteiger partial charge in [-0.2, -0.15) is 0 Å². The number of carbonyl (C=O) groups is 1. The zero-order valence-electron chi connectivity index (χ0n) is 14.4. The third-order valence-corrected chi connectivity index (χ3v) is 5.17. The van der Waals surface area contributed by atoms with Crippen LogP contribution in [0.3, 0.4) is 0 Å². The molecule has 0 spiro atoms. The Bertz CT molecular complexity index is 1070. The molecule has 2 heterocycles. The molecule has 0 N–H and O–H groups in total. The largest absolute Gasteiger partial charge is 0.283 e. The van der Waals surface area contributed by atoms with Gasteiger partial charge in [0.2, 0.25) is 5.91 Å². The summed E-state index contributed by atoms with van der Waals surface area (Å²) in [6.45, 7) is 0.363. The maximum atomic E-state index is 13.5. The number of rotatable bonds is 5. The van der Waals surface area contributed by atoms with Crippen LogP contribution in [0.1, 0.15) is 11.1 Å². The van der Waals surface area contributed by atoms with E-state index >= 15 is 0 Å². The van der Waals surface area contributed by atoms with Gasteiger partial charge in [0.15, 0.2) is 5.13 Å². The molecule has 0 atom stereocenters. The van der Waals surface area contributed by atoms with E-state index in [4.69, 9.17) is 0 Å². The first kappa shape index (κ1) is 17.3. The molecule has 2 aromatic heterocycles. The Balaban J connectivity index is 1.68. The Labute approximate surface area is 159 Å². The molecule has 2 aromatic carbocycles. The molecule has 4 rings (SSSR count). The van der Waals surface area contributed by atoms with Crippen molar-refractivity contribution in [2.24, 2.45) is 0 Å². The molecule has 0 fully saturated rings. The number of hydrogen-bond donors (Lipinski definition) is 0. The van der Waals surface area contributed by atoms with Gasteiger partial charge in [0.25, 0.3) is 0 Å². The van der Waals surface area contributed by atoms with Crippen LogP contribution in [0.15, 0.2) is 73.1 Å². The molecule has 134 valence electrons. The number of hydrogen-bond acceptors (Lipinski definition) is 4. The van der Waals surface area contributed by atoms with Crippen molar-refractivity contribution in [1.82, 2.24) is 9.97 Å². The number of amides is 1. The second-order valence-electron chi connectivity index (χ2n) is 6.11. The van der Waals surface area contributed by atoms with Gasteiger partial charge in [-0.15, -0.1) is 0 Å².